The molecule has 17 heavy (non-hydrogen) atoms. The monoisotopic (exact) mass is 330 g/mol. The van der Waals surface area contributed by atoms with Crippen molar-refractivity contribution in [3.05, 3.63) is 29.8 Å². The molecule has 1 rings (SSSR count). The Labute approximate surface area is 106 Å². The summed E-state index contributed by atoms with van der Waals surface area (Å²) in [4.78, 5) is -0.772. The molecule has 0 heterocycles. The molecule has 0 aliphatic rings. The van der Waals surface area contributed by atoms with Gasteiger partial charge in [0.2, 0.25) is 0 Å². The molecule has 0 aliphatic carbocycles. The Balaban J connectivity index is 3.33. The van der Waals surface area contributed by atoms with Crippen molar-refractivity contribution >= 4 is 25.8 Å². The molecule has 0 spiro atoms. The van der Waals surface area contributed by atoms with Crippen LogP contribution >= 0.6 is 15.9 Å². The van der Waals surface area contributed by atoms with Crippen LogP contribution in [0.2, 0.25) is 0 Å². The summed E-state index contributed by atoms with van der Waals surface area (Å²) in [5, 5.41) is 0. The number of halogens is 4. The molecule has 2 nitrogen and oxygen atoms in total. The van der Waals surface area contributed by atoms with Crippen molar-refractivity contribution < 1.29 is 21.6 Å². The smallest absolute Gasteiger partial charge is 0.214 e. The van der Waals surface area contributed by atoms with Crippen LogP contribution in [0, 0.1) is 0 Å². The molecule has 1 aromatic rings. The number of hydrogen-bond donors (Lipinski definition) is 0. The van der Waals surface area contributed by atoms with E-state index in [1.54, 1.807) is 6.92 Å². The zero-order valence-electron chi connectivity index (χ0n) is 8.83. The minimum Gasteiger partial charge on any atom is -0.214 e. The number of benzene rings is 1. The molecular formula is C10H10BrF3O2S. The molecule has 96 valence electrons. The zero-order valence-corrected chi connectivity index (χ0v) is 11.2. The summed E-state index contributed by atoms with van der Waals surface area (Å²) in [6, 6.07) is 5.16. The summed E-state index contributed by atoms with van der Waals surface area (Å²) in [7, 11) is -5.27. The van der Waals surface area contributed by atoms with E-state index >= 15 is 0 Å². The van der Waals surface area contributed by atoms with Crippen LogP contribution in [0.3, 0.4) is 0 Å². The van der Waals surface area contributed by atoms with E-state index in [9.17, 15) is 21.6 Å². The maximum Gasteiger partial charge on any atom is 0.501 e. The summed E-state index contributed by atoms with van der Waals surface area (Å²) in [5.41, 5.74) is -5.10. The maximum absolute atomic E-state index is 12.4. The predicted octanol–water partition coefficient (Wildman–Crippen LogP) is 3.31. The average molecular weight is 331 g/mol. The molecule has 0 aliphatic heterocycles. The normalized spacial score (nSPS) is 14.6. The molecule has 0 aromatic heterocycles. The summed E-state index contributed by atoms with van der Waals surface area (Å²) in [5.74, 6) is 0. The van der Waals surface area contributed by atoms with Crippen molar-refractivity contribution in [2.45, 2.75) is 28.6 Å². The van der Waals surface area contributed by atoms with Gasteiger partial charge in [0.05, 0.1) is 4.90 Å². The Morgan fingerprint density at radius 2 is 1.82 bits per heavy atom. The molecule has 0 radical (unpaired) electrons. The topological polar surface area (TPSA) is 34.1 Å². The van der Waals surface area contributed by atoms with Gasteiger partial charge in [-0.3, -0.25) is 0 Å². The lowest BCUT2D eigenvalue weighted by Gasteiger charge is -2.13. The Hall–Kier alpha value is -0.560. The standard InChI is InChI=1S/C10H10BrF3O2S/c1-7(11)6-8-4-2-3-5-9(8)17(15,16)10(12,13)14/h2-5,7H,6H2,1H3. The first-order valence-corrected chi connectivity index (χ1v) is 7.09. The van der Waals surface area contributed by atoms with Gasteiger partial charge in [0.15, 0.2) is 0 Å². The third-order valence-electron chi connectivity index (χ3n) is 2.07. The molecule has 0 bridgehead atoms. The lowest BCUT2D eigenvalue weighted by molar-refractivity contribution is -0.0436. The second-order valence-corrected chi connectivity index (χ2v) is 7.01. The van der Waals surface area contributed by atoms with Crippen LogP contribution in [0.1, 0.15) is 12.5 Å². The van der Waals surface area contributed by atoms with Gasteiger partial charge in [0.1, 0.15) is 0 Å². The van der Waals surface area contributed by atoms with Crippen LogP contribution in [0.25, 0.3) is 0 Å². The van der Waals surface area contributed by atoms with Crippen molar-refractivity contribution in [3.8, 4) is 0 Å². The molecule has 0 saturated carbocycles. The van der Waals surface area contributed by atoms with E-state index in [0.717, 1.165) is 6.07 Å². The van der Waals surface area contributed by atoms with E-state index in [2.05, 4.69) is 15.9 Å². The third kappa shape index (κ3) is 3.22. The summed E-state index contributed by atoms with van der Waals surface area (Å²) in [6.45, 7) is 1.73. The summed E-state index contributed by atoms with van der Waals surface area (Å²) < 4.78 is 59.9. The largest absolute Gasteiger partial charge is 0.501 e. The van der Waals surface area contributed by atoms with Crippen molar-refractivity contribution in [2.75, 3.05) is 0 Å². The fraction of sp³-hybridized carbons (Fsp3) is 0.400. The molecular weight excluding hydrogens is 321 g/mol. The Morgan fingerprint density at radius 1 is 1.29 bits per heavy atom. The highest BCUT2D eigenvalue weighted by Gasteiger charge is 2.47. The predicted molar refractivity (Wildman–Crippen MR) is 61.8 cm³/mol. The molecule has 1 atom stereocenters. The van der Waals surface area contributed by atoms with Gasteiger partial charge >= 0.3 is 5.51 Å². The van der Waals surface area contributed by atoms with Crippen molar-refractivity contribution in [3.63, 3.8) is 0 Å². The highest BCUT2D eigenvalue weighted by molar-refractivity contribution is 9.09. The van der Waals surface area contributed by atoms with Crippen molar-refractivity contribution in [1.82, 2.24) is 0 Å². The van der Waals surface area contributed by atoms with Crippen LogP contribution < -0.4 is 0 Å². The van der Waals surface area contributed by atoms with Gasteiger partial charge in [0.25, 0.3) is 9.84 Å². The van der Waals surface area contributed by atoms with Gasteiger partial charge in [0, 0.05) is 4.83 Å². The average Bonchev–Trinajstić information content (AvgIpc) is 2.15. The van der Waals surface area contributed by atoms with E-state index in [-0.39, 0.29) is 16.8 Å². The van der Waals surface area contributed by atoms with E-state index in [0.29, 0.717) is 0 Å². The Morgan fingerprint density at radius 3 is 2.29 bits per heavy atom. The highest BCUT2D eigenvalue weighted by atomic mass is 79.9. The molecule has 0 amide bonds. The zero-order chi connectivity index (χ0) is 13.3. The second kappa shape index (κ2) is 4.97. The van der Waals surface area contributed by atoms with Gasteiger partial charge in [-0.25, -0.2) is 8.42 Å². The molecule has 1 unspecified atom stereocenters. The quantitative estimate of drug-likeness (QED) is 0.797. The van der Waals surface area contributed by atoms with Crippen LogP contribution in [-0.2, 0) is 16.3 Å². The molecule has 0 saturated heterocycles. The Kier molecular flexibility index (Phi) is 4.24. The van der Waals surface area contributed by atoms with Crippen molar-refractivity contribution in [2.24, 2.45) is 0 Å². The highest BCUT2D eigenvalue weighted by Crippen LogP contribution is 2.32. The van der Waals surface area contributed by atoms with Crippen LogP contribution in [0.15, 0.2) is 29.2 Å². The molecule has 0 N–H and O–H groups in total. The minimum atomic E-state index is -5.27. The lowest BCUT2D eigenvalue weighted by atomic mass is 10.1. The minimum absolute atomic E-state index is 0.105. The van der Waals surface area contributed by atoms with Gasteiger partial charge in [-0.1, -0.05) is 41.1 Å². The molecule has 0 fully saturated rings. The molecule has 7 heteroatoms. The van der Waals surface area contributed by atoms with E-state index in [4.69, 9.17) is 0 Å². The van der Waals surface area contributed by atoms with Gasteiger partial charge in [-0.05, 0) is 18.1 Å². The summed E-state index contributed by atoms with van der Waals surface area (Å²) in [6.07, 6.45) is 0.214. The fourth-order valence-electron chi connectivity index (χ4n) is 1.36. The van der Waals surface area contributed by atoms with E-state index < -0.39 is 20.2 Å². The SMILES string of the molecule is CC(Br)Cc1ccccc1S(=O)(=O)C(F)(F)F. The van der Waals surface area contributed by atoms with Gasteiger partial charge < -0.3 is 0 Å². The van der Waals surface area contributed by atoms with Crippen LogP contribution in [-0.4, -0.2) is 18.8 Å². The first-order valence-electron chi connectivity index (χ1n) is 4.69. The lowest BCUT2D eigenvalue weighted by Crippen LogP contribution is -2.24. The summed E-state index contributed by atoms with van der Waals surface area (Å²) >= 11 is 3.19. The first-order chi connectivity index (χ1) is 7.66. The number of rotatable bonds is 3. The Bertz CT molecular complexity index is 495. The van der Waals surface area contributed by atoms with Gasteiger partial charge in [-0.2, -0.15) is 13.2 Å². The van der Waals surface area contributed by atoms with Crippen molar-refractivity contribution in [1.29, 1.82) is 0 Å². The van der Waals surface area contributed by atoms with Crippen LogP contribution in [0.5, 0.6) is 0 Å². The fourth-order valence-corrected chi connectivity index (χ4v) is 2.71. The van der Waals surface area contributed by atoms with Crippen LogP contribution in [0.4, 0.5) is 13.2 Å². The first kappa shape index (κ1) is 14.5. The molecule has 1 aromatic carbocycles. The number of hydrogen-bond acceptors (Lipinski definition) is 2. The maximum atomic E-state index is 12.4. The van der Waals surface area contributed by atoms with Gasteiger partial charge in [-0.15, -0.1) is 0 Å². The third-order valence-corrected chi connectivity index (χ3v) is 3.98. The van der Waals surface area contributed by atoms with E-state index in [1.807, 2.05) is 0 Å². The number of sulfone groups is 1. The van der Waals surface area contributed by atoms with E-state index in [1.165, 1.54) is 18.2 Å². The second-order valence-electron chi connectivity index (χ2n) is 3.54. The number of alkyl halides is 4.